The zero-order valence-corrected chi connectivity index (χ0v) is 13.1. The molecule has 1 unspecified atom stereocenters. The molecule has 0 aliphatic heterocycles. The molecule has 0 spiro atoms. The van der Waals surface area contributed by atoms with Crippen LogP contribution in [0.15, 0.2) is 24.3 Å². The number of amides is 1. The van der Waals surface area contributed by atoms with Crippen molar-refractivity contribution in [3.05, 3.63) is 35.4 Å². The van der Waals surface area contributed by atoms with Gasteiger partial charge in [-0.2, -0.15) is 0 Å². The molecule has 116 valence electrons. The third-order valence-electron chi connectivity index (χ3n) is 6.99. The van der Waals surface area contributed by atoms with E-state index in [1.54, 1.807) is 0 Å². The van der Waals surface area contributed by atoms with Crippen molar-refractivity contribution in [2.75, 3.05) is 0 Å². The molecule has 1 atom stereocenters. The number of hydrogen-bond acceptors (Lipinski definition) is 1. The van der Waals surface area contributed by atoms with Crippen molar-refractivity contribution in [3.8, 4) is 0 Å². The summed E-state index contributed by atoms with van der Waals surface area (Å²) in [5.41, 5.74) is 2.66. The number of aryl methyl sites for hydroxylation is 1. The molecule has 1 N–H and O–H groups in total. The molecule has 1 amide bonds. The van der Waals surface area contributed by atoms with E-state index >= 15 is 0 Å². The lowest BCUT2D eigenvalue weighted by Gasteiger charge is -2.54. The third-order valence-corrected chi connectivity index (χ3v) is 6.99. The number of nitrogens with one attached hydrogen (secondary N) is 1. The van der Waals surface area contributed by atoms with Crippen molar-refractivity contribution in [2.24, 2.45) is 23.7 Å². The van der Waals surface area contributed by atoms with Crippen molar-refractivity contribution in [3.63, 3.8) is 0 Å². The van der Waals surface area contributed by atoms with E-state index in [1.807, 2.05) is 0 Å². The van der Waals surface area contributed by atoms with E-state index in [4.69, 9.17) is 0 Å². The van der Waals surface area contributed by atoms with Crippen molar-refractivity contribution in [1.29, 1.82) is 0 Å². The Bertz CT molecular complexity index is 579. The van der Waals surface area contributed by atoms with Crippen LogP contribution in [0.4, 0.5) is 0 Å². The quantitative estimate of drug-likeness (QED) is 0.886. The highest BCUT2D eigenvalue weighted by Gasteiger charge is 2.49. The molecule has 0 saturated heterocycles. The Balaban J connectivity index is 1.34. The normalized spacial score (nSPS) is 41.5. The first-order valence-corrected chi connectivity index (χ1v) is 9.16. The maximum Gasteiger partial charge on any atom is 0.227 e. The van der Waals surface area contributed by atoms with Crippen LogP contribution in [0.3, 0.4) is 0 Å². The topological polar surface area (TPSA) is 29.1 Å². The van der Waals surface area contributed by atoms with E-state index in [0.29, 0.717) is 11.9 Å². The fraction of sp³-hybridized carbons (Fsp3) is 0.650. The van der Waals surface area contributed by atoms with Gasteiger partial charge in [0.05, 0.1) is 5.92 Å². The second-order valence-corrected chi connectivity index (χ2v) is 8.26. The van der Waals surface area contributed by atoms with Gasteiger partial charge in [0.25, 0.3) is 0 Å². The molecule has 22 heavy (non-hydrogen) atoms. The van der Waals surface area contributed by atoms with Crippen LogP contribution in [0.25, 0.3) is 0 Å². The van der Waals surface area contributed by atoms with Crippen molar-refractivity contribution in [1.82, 2.24) is 5.32 Å². The number of fused-ring (bicyclic) bond motifs is 1. The van der Waals surface area contributed by atoms with Gasteiger partial charge in [-0.05, 0) is 79.7 Å². The first-order chi connectivity index (χ1) is 10.8. The van der Waals surface area contributed by atoms with Crippen LogP contribution in [0.5, 0.6) is 0 Å². The summed E-state index contributed by atoms with van der Waals surface area (Å²) < 4.78 is 0. The van der Waals surface area contributed by atoms with Crippen molar-refractivity contribution < 1.29 is 4.79 Å². The Morgan fingerprint density at radius 2 is 1.64 bits per heavy atom. The minimum absolute atomic E-state index is 0.105. The van der Waals surface area contributed by atoms with Gasteiger partial charge in [0, 0.05) is 6.04 Å². The summed E-state index contributed by atoms with van der Waals surface area (Å²) in [6.45, 7) is 0. The van der Waals surface area contributed by atoms with Crippen LogP contribution < -0.4 is 5.32 Å². The van der Waals surface area contributed by atoms with Crippen LogP contribution in [0.1, 0.15) is 55.6 Å². The summed E-state index contributed by atoms with van der Waals surface area (Å²) >= 11 is 0. The van der Waals surface area contributed by atoms with Crippen molar-refractivity contribution in [2.45, 2.75) is 56.9 Å². The van der Waals surface area contributed by atoms with Gasteiger partial charge in [-0.3, -0.25) is 4.79 Å². The molecule has 6 rings (SSSR count). The van der Waals surface area contributed by atoms with Crippen LogP contribution in [-0.2, 0) is 11.2 Å². The average Bonchev–Trinajstić information content (AvgIpc) is 2.94. The fourth-order valence-electron chi connectivity index (χ4n) is 6.26. The largest absolute Gasteiger partial charge is 0.352 e. The van der Waals surface area contributed by atoms with Crippen LogP contribution in [-0.4, -0.2) is 11.9 Å². The van der Waals surface area contributed by atoms with Crippen molar-refractivity contribution >= 4 is 5.91 Å². The standard InChI is InChI=1S/C20H25NO/c22-20(18-6-5-14-3-1-2-4-17(14)18)21-19-15-8-12-7-13(10-15)11-16(19)9-12/h1-4,12-13,15-16,18-19H,5-11H2,(H,21,22). The Kier molecular flexibility index (Phi) is 2.90. The molecular formula is C20H25NO. The Labute approximate surface area is 132 Å². The smallest absolute Gasteiger partial charge is 0.227 e. The van der Waals surface area contributed by atoms with Crippen LogP contribution >= 0.6 is 0 Å². The lowest BCUT2D eigenvalue weighted by molar-refractivity contribution is -0.126. The first-order valence-electron chi connectivity index (χ1n) is 9.16. The first kappa shape index (κ1) is 13.2. The molecule has 4 saturated carbocycles. The summed E-state index contributed by atoms with van der Waals surface area (Å²) in [4.78, 5) is 12.9. The number of rotatable bonds is 2. The molecule has 5 aliphatic rings. The summed E-state index contributed by atoms with van der Waals surface area (Å²) in [7, 11) is 0. The van der Waals surface area contributed by atoms with Gasteiger partial charge >= 0.3 is 0 Å². The molecule has 2 heteroatoms. The van der Waals surface area contributed by atoms with E-state index in [9.17, 15) is 4.79 Å². The molecule has 1 aromatic carbocycles. The lowest BCUT2D eigenvalue weighted by atomic mass is 9.54. The molecule has 5 aliphatic carbocycles. The molecule has 0 radical (unpaired) electrons. The number of carbonyl (C=O) groups is 1. The Morgan fingerprint density at radius 1 is 0.955 bits per heavy atom. The minimum atomic E-state index is 0.105. The van der Waals surface area contributed by atoms with Gasteiger partial charge in [-0.15, -0.1) is 0 Å². The van der Waals surface area contributed by atoms with E-state index in [-0.39, 0.29) is 5.92 Å². The second-order valence-electron chi connectivity index (χ2n) is 8.26. The molecule has 4 bridgehead atoms. The Morgan fingerprint density at radius 3 is 2.36 bits per heavy atom. The van der Waals surface area contributed by atoms with Gasteiger partial charge in [-0.25, -0.2) is 0 Å². The van der Waals surface area contributed by atoms with Crippen LogP contribution in [0, 0.1) is 23.7 Å². The highest BCUT2D eigenvalue weighted by Crippen LogP contribution is 2.53. The predicted octanol–water partition coefficient (Wildman–Crippen LogP) is 3.66. The van der Waals surface area contributed by atoms with Gasteiger partial charge in [0.15, 0.2) is 0 Å². The molecule has 4 fully saturated rings. The lowest BCUT2D eigenvalue weighted by Crippen LogP contribution is -2.56. The maximum atomic E-state index is 12.9. The minimum Gasteiger partial charge on any atom is -0.352 e. The van der Waals surface area contributed by atoms with E-state index < -0.39 is 0 Å². The van der Waals surface area contributed by atoms with Crippen LogP contribution in [0.2, 0.25) is 0 Å². The van der Waals surface area contributed by atoms with Gasteiger partial charge < -0.3 is 5.32 Å². The zero-order chi connectivity index (χ0) is 14.7. The van der Waals surface area contributed by atoms with Gasteiger partial charge in [-0.1, -0.05) is 24.3 Å². The second kappa shape index (κ2) is 4.84. The third kappa shape index (κ3) is 1.96. The van der Waals surface area contributed by atoms with E-state index in [2.05, 4.69) is 29.6 Å². The number of hydrogen-bond donors (Lipinski definition) is 1. The molecule has 1 aromatic rings. The Hall–Kier alpha value is -1.31. The molecule has 0 aromatic heterocycles. The summed E-state index contributed by atoms with van der Waals surface area (Å²) in [6.07, 6.45) is 9.04. The zero-order valence-electron chi connectivity index (χ0n) is 13.1. The maximum absolute atomic E-state index is 12.9. The predicted molar refractivity (Wildman–Crippen MR) is 86.5 cm³/mol. The van der Waals surface area contributed by atoms with E-state index in [1.165, 1.54) is 43.2 Å². The van der Waals surface area contributed by atoms with Gasteiger partial charge in [0.1, 0.15) is 0 Å². The summed E-state index contributed by atoms with van der Waals surface area (Å²) in [5, 5.41) is 3.51. The highest BCUT2D eigenvalue weighted by molar-refractivity contribution is 5.85. The average molecular weight is 295 g/mol. The van der Waals surface area contributed by atoms with Gasteiger partial charge in [0.2, 0.25) is 5.91 Å². The molecule has 0 heterocycles. The number of carbonyl (C=O) groups excluding carboxylic acids is 1. The fourth-order valence-corrected chi connectivity index (χ4v) is 6.26. The monoisotopic (exact) mass is 295 g/mol. The molecule has 2 nitrogen and oxygen atoms in total. The van der Waals surface area contributed by atoms with E-state index in [0.717, 1.165) is 36.5 Å². The summed E-state index contributed by atoms with van der Waals surface area (Å²) in [6, 6.07) is 8.99. The highest BCUT2D eigenvalue weighted by atomic mass is 16.2. The summed E-state index contributed by atoms with van der Waals surface area (Å²) in [5.74, 6) is 3.91. The molecular weight excluding hydrogens is 270 g/mol. The number of benzene rings is 1. The SMILES string of the molecule is O=C(NC1C2CC3CC(C2)CC1C3)C1CCc2ccccc21.